The van der Waals surface area contributed by atoms with Crippen molar-refractivity contribution >= 4 is 5.91 Å². The Morgan fingerprint density at radius 2 is 1.88 bits per heavy atom. The number of likely N-dealkylation sites (tertiary alicyclic amines) is 2. The number of aromatic nitrogens is 1. The third-order valence-electron chi connectivity index (χ3n) is 5.38. The third-order valence-corrected chi connectivity index (χ3v) is 5.38. The molecular weight excluding hydrogens is 312 g/mol. The molecule has 0 saturated carbocycles. The topological polar surface area (TPSA) is 48.5 Å². The van der Waals surface area contributed by atoms with Crippen LogP contribution in [0.25, 0.3) is 0 Å². The van der Waals surface area contributed by atoms with Gasteiger partial charge in [-0.25, -0.2) is 0 Å². The number of piperidine rings is 1. The number of nitrogens with one attached hydrogen (secondary N) is 1. The van der Waals surface area contributed by atoms with Crippen molar-refractivity contribution in [3.8, 4) is 0 Å². The number of carbonyl (C=O) groups is 1. The van der Waals surface area contributed by atoms with E-state index in [1.54, 1.807) is 6.20 Å². The van der Waals surface area contributed by atoms with E-state index in [2.05, 4.69) is 20.1 Å². The van der Waals surface area contributed by atoms with Gasteiger partial charge in [-0.15, -0.1) is 0 Å². The first-order valence-corrected chi connectivity index (χ1v) is 9.91. The maximum Gasteiger partial charge on any atom is 0.234 e. The van der Waals surface area contributed by atoms with Crippen molar-refractivity contribution in [2.24, 2.45) is 5.92 Å². The van der Waals surface area contributed by atoms with Crippen molar-refractivity contribution in [1.82, 2.24) is 20.1 Å². The van der Waals surface area contributed by atoms with Crippen molar-refractivity contribution in [2.75, 3.05) is 39.3 Å². The molecule has 0 aliphatic carbocycles. The highest BCUT2D eigenvalue weighted by Crippen LogP contribution is 2.19. The molecule has 1 amide bonds. The molecule has 1 aromatic rings. The highest BCUT2D eigenvalue weighted by molar-refractivity contribution is 5.77. The molecule has 2 saturated heterocycles. The minimum atomic E-state index is 0.112. The summed E-state index contributed by atoms with van der Waals surface area (Å²) >= 11 is 0. The number of carbonyl (C=O) groups excluding carboxylic acids is 1. The highest BCUT2D eigenvalue weighted by Gasteiger charge is 2.23. The molecule has 1 unspecified atom stereocenters. The van der Waals surface area contributed by atoms with Gasteiger partial charge in [0.1, 0.15) is 0 Å². The predicted octanol–water partition coefficient (Wildman–Crippen LogP) is 2.29. The average molecular weight is 345 g/mol. The Hall–Kier alpha value is -1.46. The van der Waals surface area contributed by atoms with Gasteiger partial charge in [-0.3, -0.25) is 14.7 Å². The van der Waals surface area contributed by atoms with E-state index in [0.29, 0.717) is 13.1 Å². The zero-order valence-electron chi connectivity index (χ0n) is 15.3. The predicted molar refractivity (Wildman–Crippen MR) is 100 cm³/mol. The number of hydrogen-bond donors (Lipinski definition) is 1. The average Bonchev–Trinajstić information content (AvgIpc) is 2.90. The zero-order valence-corrected chi connectivity index (χ0v) is 15.3. The molecule has 138 valence electrons. The van der Waals surface area contributed by atoms with E-state index in [4.69, 9.17) is 0 Å². The summed E-state index contributed by atoms with van der Waals surface area (Å²) in [4.78, 5) is 21.5. The van der Waals surface area contributed by atoms with Gasteiger partial charge >= 0.3 is 0 Å². The third kappa shape index (κ3) is 6.40. The molecule has 25 heavy (non-hydrogen) atoms. The van der Waals surface area contributed by atoms with Gasteiger partial charge in [-0.05, 0) is 63.4 Å². The summed E-state index contributed by atoms with van der Waals surface area (Å²) < 4.78 is 0. The minimum Gasteiger partial charge on any atom is -0.349 e. The summed E-state index contributed by atoms with van der Waals surface area (Å²) in [5.74, 6) is 0.830. The number of amides is 1. The fraction of sp³-hybridized carbons (Fsp3) is 0.700. The van der Waals surface area contributed by atoms with Gasteiger partial charge in [0.15, 0.2) is 0 Å². The number of hydrogen-bond acceptors (Lipinski definition) is 4. The molecule has 0 spiro atoms. The highest BCUT2D eigenvalue weighted by atomic mass is 16.2. The summed E-state index contributed by atoms with van der Waals surface area (Å²) in [5.41, 5.74) is 0.911. The molecule has 5 heteroatoms. The molecule has 0 bridgehead atoms. The molecule has 2 aliphatic rings. The number of rotatable bonds is 6. The lowest BCUT2D eigenvalue weighted by molar-refractivity contribution is -0.122. The van der Waals surface area contributed by atoms with Crippen LogP contribution in [0.5, 0.6) is 0 Å². The SMILES string of the molecule is O=C(CN1CCCC(CN2CCCCCC2)C1)NCc1ccccn1. The number of nitrogens with zero attached hydrogens (tertiary/aromatic N) is 3. The van der Waals surface area contributed by atoms with E-state index in [-0.39, 0.29) is 5.91 Å². The van der Waals surface area contributed by atoms with E-state index >= 15 is 0 Å². The molecule has 2 aliphatic heterocycles. The largest absolute Gasteiger partial charge is 0.349 e. The molecule has 1 atom stereocenters. The molecule has 1 aromatic heterocycles. The Labute approximate surface area is 151 Å². The van der Waals surface area contributed by atoms with Crippen molar-refractivity contribution in [2.45, 2.75) is 45.1 Å². The van der Waals surface area contributed by atoms with Crippen molar-refractivity contribution in [1.29, 1.82) is 0 Å². The standard InChI is InChI=1S/C20H32N4O/c25-20(22-14-19-9-3-4-10-21-19)17-24-13-7-8-18(16-24)15-23-11-5-1-2-6-12-23/h3-4,9-10,18H,1-2,5-8,11-17H2,(H,22,25). The fourth-order valence-electron chi connectivity index (χ4n) is 4.08. The summed E-state index contributed by atoms with van der Waals surface area (Å²) in [6.45, 7) is 6.89. The van der Waals surface area contributed by atoms with Gasteiger partial charge < -0.3 is 10.2 Å². The first kappa shape index (κ1) is 18.3. The Balaban J connectivity index is 1.39. The lowest BCUT2D eigenvalue weighted by atomic mass is 9.97. The van der Waals surface area contributed by atoms with Crippen LogP contribution >= 0.6 is 0 Å². The Bertz CT molecular complexity index is 514. The van der Waals surface area contributed by atoms with Gasteiger partial charge in [0.25, 0.3) is 0 Å². The summed E-state index contributed by atoms with van der Waals surface area (Å²) in [5, 5.41) is 3.00. The number of pyridine rings is 1. The quantitative estimate of drug-likeness (QED) is 0.860. The monoisotopic (exact) mass is 344 g/mol. The smallest absolute Gasteiger partial charge is 0.234 e. The van der Waals surface area contributed by atoms with Crippen molar-refractivity contribution in [3.05, 3.63) is 30.1 Å². The lowest BCUT2D eigenvalue weighted by Crippen LogP contribution is -2.45. The van der Waals surface area contributed by atoms with E-state index in [1.165, 1.54) is 58.2 Å². The van der Waals surface area contributed by atoms with Crippen LogP contribution in [0.15, 0.2) is 24.4 Å². The van der Waals surface area contributed by atoms with E-state index in [9.17, 15) is 4.79 Å². The molecule has 3 heterocycles. The van der Waals surface area contributed by atoms with Crippen LogP contribution in [0.2, 0.25) is 0 Å². The normalized spacial score (nSPS) is 23.1. The maximum absolute atomic E-state index is 12.2. The van der Waals surface area contributed by atoms with E-state index in [0.717, 1.165) is 24.7 Å². The van der Waals surface area contributed by atoms with Crippen LogP contribution < -0.4 is 5.32 Å². The molecule has 3 rings (SSSR count). The molecule has 0 aromatic carbocycles. The molecule has 5 nitrogen and oxygen atoms in total. The minimum absolute atomic E-state index is 0.112. The van der Waals surface area contributed by atoms with Crippen LogP contribution in [-0.2, 0) is 11.3 Å². The maximum atomic E-state index is 12.2. The van der Waals surface area contributed by atoms with Crippen LogP contribution in [0.1, 0.15) is 44.2 Å². The van der Waals surface area contributed by atoms with Gasteiger partial charge in [0.05, 0.1) is 18.8 Å². The lowest BCUT2D eigenvalue weighted by Gasteiger charge is -2.35. The van der Waals surface area contributed by atoms with Crippen LogP contribution in [0.3, 0.4) is 0 Å². The van der Waals surface area contributed by atoms with Crippen LogP contribution in [0.4, 0.5) is 0 Å². The van der Waals surface area contributed by atoms with Gasteiger partial charge in [-0.2, -0.15) is 0 Å². The van der Waals surface area contributed by atoms with E-state index < -0.39 is 0 Å². The second-order valence-electron chi connectivity index (χ2n) is 7.56. The molecule has 2 fully saturated rings. The van der Waals surface area contributed by atoms with E-state index in [1.807, 2.05) is 18.2 Å². The molecular formula is C20H32N4O. The fourth-order valence-corrected chi connectivity index (χ4v) is 4.08. The molecule has 1 N–H and O–H groups in total. The Kier molecular flexibility index (Phi) is 7.24. The second kappa shape index (κ2) is 9.88. The first-order chi connectivity index (χ1) is 12.3. The van der Waals surface area contributed by atoms with Gasteiger partial charge in [0, 0.05) is 19.3 Å². The van der Waals surface area contributed by atoms with Crippen LogP contribution in [-0.4, -0.2) is 60.0 Å². The Morgan fingerprint density at radius 3 is 2.64 bits per heavy atom. The summed E-state index contributed by atoms with van der Waals surface area (Å²) in [6, 6.07) is 5.79. The summed E-state index contributed by atoms with van der Waals surface area (Å²) in [7, 11) is 0. The molecule has 0 radical (unpaired) electrons. The zero-order chi connectivity index (χ0) is 17.3. The summed E-state index contributed by atoms with van der Waals surface area (Å²) in [6.07, 6.45) is 9.78. The Morgan fingerprint density at radius 1 is 1.08 bits per heavy atom. The van der Waals surface area contributed by atoms with Crippen LogP contribution in [0, 0.1) is 5.92 Å². The second-order valence-corrected chi connectivity index (χ2v) is 7.56. The first-order valence-electron chi connectivity index (χ1n) is 9.91. The van der Waals surface area contributed by atoms with Gasteiger partial charge in [-0.1, -0.05) is 18.9 Å². The van der Waals surface area contributed by atoms with Crippen molar-refractivity contribution in [3.63, 3.8) is 0 Å². The van der Waals surface area contributed by atoms with Gasteiger partial charge in [0.2, 0.25) is 5.91 Å². The van der Waals surface area contributed by atoms with Crippen molar-refractivity contribution < 1.29 is 4.79 Å².